The van der Waals surface area contributed by atoms with Crippen LogP contribution in [0.1, 0.15) is 43.0 Å². The van der Waals surface area contributed by atoms with E-state index in [1.165, 1.54) is 0 Å². The molecule has 4 aliphatic rings. The topological polar surface area (TPSA) is 96.5 Å². The summed E-state index contributed by atoms with van der Waals surface area (Å²) < 4.78 is 4.87. The SMILES string of the molecule is CCOC(=O)CNC(=O)[C@@H]1C[C@@H]2CC[C@@H]1C[C@@]21NC(=O)c2ccccc2N1. The fourth-order valence-electron chi connectivity index (χ4n) is 4.97. The van der Waals surface area contributed by atoms with E-state index in [1.807, 2.05) is 24.3 Å². The number of carbonyl (C=O) groups is 3. The summed E-state index contributed by atoms with van der Waals surface area (Å²) in [7, 11) is 0. The molecular weight excluding hydrogens is 346 g/mol. The van der Waals surface area contributed by atoms with Gasteiger partial charge in [-0.1, -0.05) is 12.1 Å². The van der Waals surface area contributed by atoms with E-state index in [1.54, 1.807) is 6.92 Å². The third-order valence-corrected chi connectivity index (χ3v) is 6.19. The number of amides is 2. The molecule has 1 aliphatic heterocycles. The summed E-state index contributed by atoms with van der Waals surface area (Å²) in [6.07, 6.45) is 3.36. The molecule has 1 spiro atoms. The van der Waals surface area contributed by atoms with Gasteiger partial charge in [-0.3, -0.25) is 14.4 Å². The van der Waals surface area contributed by atoms with Crippen LogP contribution < -0.4 is 16.0 Å². The van der Waals surface area contributed by atoms with Gasteiger partial charge in [0.25, 0.3) is 5.91 Å². The second kappa shape index (κ2) is 6.87. The Hall–Kier alpha value is -2.57. The quantitative estimate of drug-likeness (QED) is 0.700. The van der Waals surface area contributed by atoms with Crippen molar-refractivity contribution in [2.75, 3.05) is 18.5 Å². The molecule has 5 rings (SSSR count). The lowest BCUT2D eigenvalue weighted by molar-refractivity contribution is -0.145. The molecule has 7 heteroatoms. The fourth-order valence-corrected chi connectivity index (χ4v) is 4.97. The van der Waals surface area contributed by atoms with Crippen molar-refractivity contribution < 1.29 is 19.1 Å². The van der Waals surface area contributed by atoms with Crippen LogP contribution in [0.25, 0.3) is 0 Å². The Morgan fingerprint density at radius 3 is 2.81 bits per heavy atom. The molecule has 0 radical (unpaired) electrons. The molecule has 0 saturated heterocycles. The Bertz CT molecular complexity index is 780. The second-order valence-corrected chi connectivity index (χ2v) is 7.70. The number of hydrogen-bond acceptors (Lipinski definition) is 5. The molecular formula is C20H25N3O4. The van der Waals surface area contributed by atoms with Crippen molar-refractivity contribution in [1.29, 1.82) is 0 Å². The van der Waals surface area contributed by atoms with Gasteiger partial charge in [-0.05, 0) is 50.7 Å². The van der Waals surface area contributed by atoms with Crippen LogP contribution in [0.3, 0.4) is 0 Å². The first-order valence-electron chi connectivity index (χ1n) is 9.65. The number of hydrogen-bond donors (Lipinski definition) is 3. The highest BCUT2D eigenvalue weighted by Gasteiger charge is 2.55. The number of benzene rings is 1. The Labute approximate surface area is 158 Å². The predicted octanol–water partition coefficient (Wildman–Crippen LogP) is 1.65. The van der Waals surface area contributed by atoms with Crippen molar-refractivity contribution in [3.8, 4) is 0 Å². The van der Waals surface area contributed by atoms with Crippen molar-refractivity contribution in [2.45, 2.75) is 38.3 Å². The van der Waals surface area contributed by atoms with E-state index in [0.717, 1.165) is 24.9 Å². The summed E-state index contributed by atoms with van der Waals surface area (Å²) in [5.74, 6) is -0.329. The molecule has 0 unspecified atom stereocenters. The second-order valence-electron chi connectivity index (χ2n) is 7.70. The number of esters is 1. The average Bonchev–Trinajstić information content (AvgIpc) is 2.66. The maximum Gasteiger partial charge on any atom is 0.325 e. The molecule has 27 heavy (non-hydrogen) atoms. The van der Waals surface area contributed by atoms with Gasteiger partial charge in [-0.25, -0.2) is 0 Å². The van der Waals surface area contributed by atoms with Crippen LogP contribution in [-0.2, 0) is 14.3 Å². The smallest absolute Gasteiger partial charge is 0.325 e. The van der Waals surface area contributed by atoms with Crippen molar-refractivity contribution in [2.24, 2.45) is 17.8 Å². The molecule has 3 saturated carbocycles. The number of para-hydroxylation sites is 1. The van der Waals surface area contributed by atoms with Crippen LogP contribution in [0.2, 0.25) is 0 Å². The molecule has 2 amide bonds. The zero-order valence-electron chi connectivity index (χ0n) is 15.4. The monoisotopic (exact) mass is 371 g/mol. The lowest BCUT2D eigenvalue weighted by Crippen LogP contribution is -2.68. The van der Waals surface area contributed by atoms with Crippen molar-refractivity contribution in [3.63, 3.8) is 0 Å². The van der Waals surface area contributed by atoms with Crippen molar-refractivity contribution in [3.05, 3.63) is 29.8 Å². The van der Waals surface area contributed by atoms with Crippen molar-refractivity contribution in [1.82, 2.24) is 10.6 Å². The third kappa shape index (κ3) is 3.15. The van der Waals surface area contributed by atoms with E-state index < -0.39 is 11.6 Å². The molecule has 1 aromatic carbocycles. The first kappa shape index (κ1) is 17.8. The number of nitrogens with one attached hydrogen (secondary N) is 3. The zero-order chi connectivity index (χ0) is 19.0. The summed E-state index contributed by atoms with van der Waals surface area (Å²) in [4.78, 5) is 36.7. The van der Waals surface area contributed by atoms with E-state index in [9.17, 15) is 14.4 Å². The molecule has 3 N–H and O–H groups in total. The average molecular weight is 371 g/mol. The Kier molecular flexibility index (Phi) is 4.53. The van der Waals surface area contributed by atoms with E-state index in [-0.39, 0.29) is 36.1 Å². The highest BCUT2D eigenvalue weighted by atomic mass is 16.5. The number of fused-ring (bicyclic) bond motifs is 3. The number of anilines is 1. The molecule has 1 heterocycles. The molecule has 0 aromatic heterocycles. The normalized spacial score (nSPS) is 30.9. The molecule has 7 nitrogen and oxygen atoms in total. The van der Waals surface area contributed by atoms with Crippen LogP contribution in [0, 0.1) is 17.8 Å². The van der Waals surface area contributed by atoms with Gasteiger partial charge >= 0.3 is 5.97 Å². The van der Waals surface area contributed by atoms with E-state index in [2.05, 4.69) is 16.0 Å². The first-order valence-corrected chi connectivity index (χ1v) is 9.65. The fraction of sp³-hybridized carbons (Fsp3) is 0.550. The lowest BCUT2D eigenvalue weighted by atomic mass is 9.58. The van der Waals surface area contributed by atoms with Crippen LogP contribution in [0.15, 0.2) is 24.3 Å². The summed E-state index contributed by atoms with van der Waals surface area (Å²) in [6.45, 7) is 1.95. The van der Waals surface area contributed by atoms with Crippen LogP contribution in [0.5, 0.6) is 0 Å². The summed E-state index contributed by atoms with van der Waals surface area (Å²) in [5, 5.41) is 9.47. The summed E-state index contributed by atoms with van der Waals surface area (Å²) in [5.41, 5.74) is 1.04. The molecule has 2 bridgehead atoms. The van der Waals surface area contributed by atoms with E-state index in [4.69, 9.17) is 4.74 Å². The molecule has 4 atom stereocenters. The molecule has 3 fully saturated rings. The van der Waals surface area contributed by atoms with E-state index in [0.29, 0.717) is 18.6 Å². The Morgan fingerprint density at radius 2 is 2.07 bits per heavy atom. The number of rotatable bonds is 4. The van der Waals surface area contributed by atoms with E-state index >= 15 is 0 Å². The zero-order valence-corrected chi connectivity index (χ0v) is 15.4. The standard InChI is InChI=1S/C20H25N3O4/c1-2-27-17(24)11-21-18(25)15-9-13-8-7-12(15)10-20(13)22-16-6-4-3-5-14(16)19(26)23-20/h3-6,12-13,15,22H,2,7-11H2,1H3,(H,21,25)(H,23,26)/t12-,13+,15-,20-/m1/s1. The molecule has 144 valence electrons. The minimum Gasteiger partial charge on any atom is -0.465 e. The van der Waals surface area contributed by atoms with Gasteiger partial charge in [0, 0.05) is 17.5 Å². The summed E-state index contributed by atoms with van der Waals surface area (Å²) in [6, 6.07) is 7.53. The minimum atomic E-state index is -0.480. The highest BCUT2D eigenvalue weighted by Crippen LogP contribution is 2.51. The number of ether oxygens (including phenoxy) is 1. The Balaban J connectivity index is 1.46. The Morgan fingerprint density at radius 1 is 1.26 bits per heavy atom. The van der Waals surface area contributed by atoms with Gasteiger partial charge in [0.2, 0.25) is 5.91 Å². The third-order valence-electron chi connectivity index (χ3n) is 6.19. The minimum absolute atomic E-state index is 0.0554. The largest absolute Gasteiger partial charge is 0.465 e. The highest BCUT2D eigenvalue weighted by molar-refractivity contribution is 6.02. The van der Waals surface area contributed by atoms with Gasteiger partial charge in [0.05, 0.1) is 12.2 Å². The molecule has 3 aliphatic carbocycles. The number of carbonyl (C=O) groups excluding carboxylic acids is 3. The van der Waals surface area contributed by atoms with Crippen molar-refractivity contribution >= 4 is 23.5 Å². The van der Waals surface area contributed by atoms with Crippen LogP contribution in [-0.4, -0.2) is 36.6 Å². The lowest BCUT2D eigenvalue weighted by Gasteiger charge is -2.56. The van der Waals surface area contributed by atoms with Crippen LogP contribution >= 0.6 is 0 Å². The first-order chi connectivity index (χ1) is 13.0. The molecule has 1 aromatic rings. The summed E-state index contributed by atoms with van der Waals surface area (Å²) >= 11 is 0. The maximum atomic E-state index is 12.6. The van der Waals surface area contributed by atoms with Gasteiger partial charge in [-0.15, -0.1) is 0 Å². The van der Waals surface area contributed by atoms with Crippen LogP contribution in [0.4, 0.5) is 5.69 Å². The van der Waals surface area contributed by atoms with Gasteiger partial charge in [0.15, 0.2) is 0 Å². The maximum absolute atomic E-state index is 12.6. The van der Waals surface area contributed by atoms with Gasteiger partial charge in [0.1, 0.15) is 12.2 Å². The van der Waals surface area contributed by atoms with Gasteiger partial charge in [-0.2, -0.15) is 0 Å². The predicted molar refractivity (Wildman–Crippen MR) is 98.8 cm³/mol. The van der Waals surface area contributed by atoms with Gasteiger partial charge < -0.3 is 20.7 Å².